The van der Waals surface area contributed by atoms with Gasteiger partial charge in [0, 0.05) is 44.7 Å². The Balaban J connectivity index is 2.38. The lowest BCUT2D eigenvalue weighted by Crippen LogP contribution is -2.45. The molecule has 23 heavy (non-hydrogen) atoms. The number of furan rings is 1. The van der Waals surface area contributed by atoms with Crippen molar-refractivity contribution in [2.75, 3.05) is 26.2 Å². The van der Waals surface area contributed by atoms with Crippen LogP contribution in [0.15, 0.2) is 27.8 Å². The van der Waals surface area contributed by atoms with E-state index in [1.54, 1.807) is 6.26 Å². The van der Waals surface area contributed by atoms with E-state index in [4.69, 9.17) is 4.42 Å². The third-order valence-corrected chi connectivity index (χ3v) is 3.73. The van der Waals surface area contributed by atoms with E-state index < -0.39 is 0 Å². The fourth-order valence-corrected chi connectivity index (χ4v) is 2.57. The van der Waals surface area contributed by atoms with E-state index in [2.05, 4.69) is 55.1 Å². The first-order valence-electron chi connectivity index (χ1n) is 8.84. The largest absolute Gasteiger partial charge is 0.469 e. The van der Waals surface area contributed by atoms with Crippen LogP contribution < -0.4 is 10.6 Å². The van der Waals surface area contributed by atoms with Gasteiger partial charge in [0.15, 0.2) is 5.96 Å². The van der Waals surface area contributed by atoms with Crippen LogP contribution >= 0.6 is 0 Å². The molecular formula is C18H34N4O. The van der Waals surface area contributed by atoms with E-state index in [0.29, 0.717) is 12.1 Å². The average molecular weight is 322 g/mol. The summed E-state index contributed by atoms with van der Waals surface area (Å²) in [5.74, 6) is 1.89. The molecule has 0 aliphatic rings. The van der Waals surface area contributed by atoms with E-state index in [1.807, 2.05) is 12.1 Å². The van der Waals surface area contributed by atoms with Crippen LogP contribution in [0.5, 0.6) is 0 Å². The van der Waals surface area contributed by atoms with E-state index in [-0.39, 0.29) is 0 Å². The third-order valence-electron chi connectivity index (χ3n) is 3.73. The van der Waals surface area contributed by atoms with E-state index in [0.717, 1.165) is 50.7 Å². The predicted octanol–water partition coefficient (Wildman–Crippen LogP) is 2.89. The quantitative estimate of drug-likeness (QED) is 0.514. The molecular weight excluding hydrogens is 288 g/mol. The van der Waals surface area contributed by atoms with Crippen LogP contribution in [-0.2, 0) is 6.42 Å². The predicted molar refractivity (Wildman–Crippen MR) is 98.0 cm³/mol. The zero-order chi connectivity index (χ0) is 17.1. The molecule has 1 rings (SSSR count). The molecule has 0 aliphatic carbocycles. The van der Waals surface area contributed by atoms with Crippen molar-refractivity contribution in [3.63, 3.8) is 0 Å². The van der Waals surface area contributed by atoms with Crippen LogP contribution in [0.25, 0.3) is 0 Å². The molecule has 5 nitrogen and oxygen atoms in total. The van der Waals surface area contributed by atoms with Gasteiger partial charge in [0.05, 0.1) is 6.26 Å². The van der Waals surface area contributed by atoms with Crippen molar-refractivity contribution in [3.8, 4) is 0 Å². The number of rotatable bonds is 10. The SMILES string of the molecule is CCCN=C(NCCc1ccco1)NCCN(C(C)C)C(C)C. The summed E-state index contributed by atoms with van der Waals surface area (Å²) in [5.41, 5.74) is 0. The lowest BCUT2D eigenvalue weighted by Gasteiger charge is -2.30. The molecule has 0 unspecified atom stereocenters. The molecule has 5 heteroatoms. The Kier molecular flexibility index (Phi) is 9.45. The van der Waals surface area contributed by atoms with Crippen LogP contribution in [0, 0.1) is 0 Å². The fraction of sp³-hybridized carbons (Fsp3) is 0.722. The maximum Gasteiger partial charge on any atom is 0.191 e. The molecule has 0 saturated heterocycles. The smallest absolute Gasteiger partial charge is 0.191 e. The van der Waals surface area contributed by atoms with Crippen molar-refractivity contribution < 1.29 is 4.42 Å². The molecule has 0 fully saturated rings. The van der Waals surface area contributed by atoms with Crippen LogP contribution in [0.1, 0.15) is 46.8 Å². The number of hydrogen-bond donors (Lipinski definition) is 2. The summed E-state index contributed by atoms with van der Waals surface area (Å²) in [7, 11) is 0. The summed E-state index contributed by atoms with van der Waals surface area (Å²) >= 11 is 0. The van der Waals surface area contributed by atoms with Crippen LogP contribution in [0.3, 0.4) is 0 Å². The Hall–Kier alpha value is -1.49. The number of nitrogens with zero attached hydrogens (tertiary/aromatic N) is 2. The van der Waals surface area contributed by atoms with Gasteiger partial charge in [-0.1, -0.05) is 6.92 Å². The van der Waals surface area contributed by atoms with Crippen molar-refractivity contribution in [1.29, 1.82) is 0 Å². The molecule has 0 bridgehead atoms. The van der Waals surface area contributed by atoms with Gasteiger partial charge in [-0.25, -0.2) is 0 Å². The number of hydrogen-bond acceptors (Lipinski definition) is 3. The second kappa shape index (κ2) is 11.1. The molecule has 0 aromatic carbocycles. The molecule has 0 spiro atoms. The highest BCUT2D eigenvalue weighted by atomic mass is 16.3. The van der Waals surface area contributed by atoms with E-state index >= 15 is 0 Å². The average Bonchev–Trinajstić information content (AvgIpc) is 3.00. The first-order chi connectivity index (χ1) is 11.0. The highest BCUT2D eigenvalue weighted by Crippen LogP contribution is 2.03. The van der Waals surface area contributed by atoms with Gasteiger partial charge < -0.3 is 15.1 Å². The number of aliphatic imine (C=N–C) groups is 1. The van der Waals surface area contributed by atoms with Gasteiger partial charge in [-0.2, -0.15) is 0 Å². The molecule has 0 aliphatic heterocycles. The zero-order valence-electron chi connectivity index (χ0n) is 15.4. The molecule has 1 aromatic heterocycles. The van der Waals surface area contributed by atoms with Crippen molar-refractivity contribution in [3.05, 3.63) is 24.2 Å². The Morgan fingerprint density at radius 1 is 1.17 bits per heavy atom. The van der Waals surface area contributed by atoms with Gasteiger partial charge in [0.25, 0.3) is 0 Å². The Morgan fingerprint density at radius 3 is 2.43 bits per heavy atom. The zero-order valence-corrected chi connectivity index (χ0v) is 15.4. The molecule has 0 atom stereocenters. The van der Waals surface area contributed by atoms with Gasteiger partial charge in [-0.3, -0.25) is 9.89 Å². The second-order valence-electron chi connectivity index (χ2n) is 6.34. The normalized spacial score (nSPS) is 12.4. The summed E-state index contributed by atoms with van der Waals surface area (Å²) < 4.78 is 5.35. The highest BCUT2D eigenvalue weighted by molar-refractivity contribution is 5.79. The molecule has 0 radical (unpaired) electrons. The van der Waals surface area contributed by atoms with Gasteiger partial charge >= 0.3 is 0 Å². The van der Waals surface area contributed by atoms with Gasteiger partial charge in [-0.15, -0.1) is 0 Å². The monoisotopic (exact) mass is 322 g/mol. The van der Waals surface area contributed by atoms with Crippen LogP contribution in [0.4, 0.5) is 0 Å². The Bertz CT molecular complexity index is 418. The summed E-state index contributed by atoms with van der Waals surface area (Å²) in [4.78, 5) is 7.07. The minimum atomic E-state index is 0.555. The van der Waals surface area contributed by atoms with E-state index in [9.17, 15) is 0 Å². The van der Waals surface area contributed by atoms with Gasteiger partial charge in [0.2, 0.25) is 0 Å². The first kappa shape index (κ1) is 19.6. The van der Waals surface area contributed by atoms with Crippen molar-refractivity contribution >= 4 is 5.96 Å². The van der Waals surface area contributed by atoms with Gasteiger partial charge in [0.1, 0.15) is 5.76 Å². The van der Waals surface area contributed by atoms with Crippen LogP contribution in [-0.4, -0.2) is 49.1 Å². The first-order valence-corrected chi connectivity index (χ1v) is 8.84. The van der Waals surface area contributed by atoms with Gasteiger partial charge in [-0.05, 0) is 46.2 Å². The van der Waals surface area contributed by atoms with E-state index in [1.165, 1.54) is 0 Å². The third kappa shape index (κ3) is 8.07. The second-order valence-corrected chi connectivity index (χ2v) is 6.34. The lowest BCUT2D eigenvalue weighted by molar-refractivity contribution is 0.178. The molecule has 0 saturated carbocycles. The fourth-order valence-electron chi connectivity index (χ4n) is 2.57. The minimum absolute atomic E-state index is 0.555. The summed E-state index contributed by atoms with van der Waals surface area (Å²) in [6.45, 7) is 14.7. The lowest BCUT2D eigenvalue weighted by atomic mass is 10.2. The summed E-state index contributed by atoms with van der Waals surface area (Å²) in [6.07, 6.45) is 3.63. The molecule has 0 amide bonds. The molecule has 1 aromatic rings. The topological polar surface area (TPSA) is 52.8 Å². The van der Waals surface area contributed by atoms with Crippen molar-refractivity contribution in [1.82, 2.24) is 15.5 Å². The molecule has 2 N–H and O–H groups in total. The molecule has 132 valence electrons. The minimum Gasteiger partial charge on any atom is -0.469 e. The standard InChI is InChI=1S/C18H34N4O/c1-6-10-19-18(20-11-9-17-8-7-14-23-17)21-12-13-22(15(2)3)16(4)5/h7-8,14-16H,6,9-13H2,1-5H3,(H2,19,20,21). The Morgan fingerprint density at radius 2 is 1.87 bits per heavy atom. The highest BCUT2D eigenvalue weighted by Gasteiger charge is 2.12. The maximum atomic E-state index is 5.35. The van der Waals surface area contributed by atoms with Crippen molar-refractivity contribution in [2.45, 2.75) is 59.5 Å². The van der Waals surface area contributed by atoms with Crippen LogP contribution in [0.2, 0.25) is 0 Å². The summed E-state index contributed by atoms with van der Waals surface area (Å²) in [5, 5.41) is 6.83. The number of guanidine groups is 1. The molecule has 1 heterocycles. The number of nitrogens with one attached hydrogen (secondary N) is 2. The summed E-state index contributed by atoms with van der Waals surface area (Å²) in [6, 6.07) is 5.03. The maximum absolute atomic E-state index is 5.35. The Labute approximate surface area is 141 Å². The van der Waals surface area contributed by atoms with Crippen molar-refractivity contribution in [2.24, 2.45) is 4.99 Å².